The fourth-order valence-electron chi connectivity index (χ4n) is 10.2. The summed E-state index contributed by atoms with van der Waals surface area (Å²) >= 11 is 0. The van der Waals surface area contributed by atoms with Crippen LogP contribution in [0.5, 0.6) is 11.5 Å². The SMILES string of the molecule is Cc1ccc(-c2c3nc(c(-c4ccc(C)cc4)c4ccc([nH]4)c(-c4cccc(OCCOCCOCCOCCOc5cc(-c6ccccn6)nc(-c6ccccn6)c5)c4)c4nc(c(-c5ccc(C)cc5)c5ccc2[nH]5)C=C4)C=C3)cc1. The molecule has 2 aliphatic heterocycles. The van der Waals surface area contributed by atoms with Gasteiger partial charge in [0.2, 0.25) is 0 Å². The molecule has 82 heavy (non-hydrogen) atoms. The van der Waals surface area contributed by atoms with Crippen LogP contribution in [-0.4, -0.2) is 87.7 Å². The molecule has 12 heteroatoms. The number of aryl methyl sites for hydroxylation is 3. The van der Waals surface area contributed by atoms with E-state index in [0.717, 1.165) is 106 Å². The summed E-state index contributed by atoms with van der Waals surface area (Å²) in [6.07, 6.45) is 12.0. The molecule has 0 atom stereocenters. The third-order valence-electron chi connectivity index (χ3n) is 14.3. The van der Waals surface area contributed by atoms with Gasteiger partial charge in [-0.2, -0.15) is 0 Å². The Bertz CT molecular complexity index is 4000. The van der Waals surface area contributed by atoms with Crippen LogP contribution in [0.3, 0.4) is 0 Å². The second-order valence-electron chi connectivity index (χ2n) is 20.2. The van der Waals surface area contributed by atoms with E-state index < -0.39 is 0 Å². The zero-order valence-corrected chi connectivity index (χ0v) is 46.1. The molecule has 0 spiro atoms. The quantitative estimate of drug-likeness (QED) is 0.0708. The van der Waals surface area contributed by atoms with Gasteiger partial charge in [0.05, 0.1) is 85.2 Å². The van der Waals surface area contributed by atoms with Crippen LogP contribution in [0.1, 0.15) is 39.5 Å². The summed E-state index contributed by atoms with van der Waals surface area (Å²) < 4.78 is 30.0. The molecule has 12 rings (SSSR count). The minimum Gasteiger partial charge on any atom is -0.491 e. The zero-order valence-electron chi connectivity index (χ0n) is 46.1. The molecule has 406 valence electrons. The Morgan fingerprint density at radius 1 is 0.317 bits per heavy atom. The average molecular weight is 1080 g/mol. The van der Waals surface area contributed by atoms with Crippen LogP contribution < -0.4 is 9.47 Å². The summed E-state index contributed by atoms with van der Waals surface area (Å²) in [6.45, 7) is 9.55. The van der Waals surface area contributed by atoms with E-state index in [4.69, 9.17) is 38.6 Å². The van der Waals surface area contributed by atoms with E-state index in [1.165, 1.54) is 16.7 Å². The monoisotopic (exact) mass is 1080 g/mol. The van der Waals surface area contributed by atoms with E-state index in [2.05, 4.69) is 174 Å². The number of nitrogens with one attached hydrogen (secondary N) is 2. The Morgan fingerprint density at radius 3 is 1.09 bits per heavy atom. The van der Waals surface area contributed by atoms with Gasteiger partial charge in [-0.25, -0.2) is 15.0 Å². The van der Waals surface area contributed by atoms with Crippen molar-refractivity contribution in [3.63, 3.8) is 0 Å². The highest BCUT2D eigenvalue weighted by molar-refractivity contribution is 6.00. The summed E-state index contributed by atoms with van der Waals surface area (Å²) in [6, 6.07) is 58.0. The number of benzene rings is 4. The third kappa shape index (κ3) is 12.2. The van der Waals surface area contributed by atoms with Gasteiger partial charge in [0.25, 0.3) is 0 Å². The second-order valence-corrected chi connectivity index (χ2v) is 20.2. The number of aromatic nitrogens is 7. The Labute approximate surface area is 476 Å². The first-order chi connectivity index (χ1) is 40.4. The van der Waals surface area contributed by atoms with Crippen LogP contribution in [0.4, 0.5) is 0 Å². The van der Waals surface area contributed by atoms with Crippen LogP contribution in [0.25, 0.3) is 114 Å². The van der Waals surface area contributed by atoms with Crippen LogP contribution >= 0.6 is 0 Å². The molecule has 0 saturated carbocycles. The lowest BCUT2D eigenvalue weighted by molar-refractivity contribution is 0.00499. The Kier molecular flexibility index (Phi) is 16.1. The fourth-order valence-corrected chi connectivity index (χ4v) is 10.2. The van der Waals surface area contributed by atoms with Crippen molar-refractivity contribution in [2.45, 2.75) is 20.8 Å². The fraction of sp³-hybridized carbons (Fsp3) is 0.157. The van der Waals surface area contributed by atoms with E-state index in [-0.39, 0.29) is 0 Å². The first-order valence-electron chi connectivity index (χ1n) is 27.7. The van der Waals surface area contributed by atoms with Gasteiger partial charge >= 0.3 is 0 Å². The maximum atomic E-state index is 6.35. The molecule has 0 fully saturated rings. The summed E-state index contributed by atoms with van der Waals surface area (Å²) in [5, 5.41) is 0. The Balaban J connectivity index is 0.752. The topological polar surface area (TPSA) is 142 Å². The molecule has 2 aliphatic rings. The van der Waals surface area contributed by atoms with Gasteiger partial charge in [-0.3, -0.25) is 9.97 Å². The van der Waals surface area contributed by atoms with Crippen molar-refractivity contribution in [1.82, 2.24) is 34.9 Å². The van der Waals surface area contributed by atoms with Crippen molar-refractivity contribution in [2.24, 2.45) is 0 Å². The minimum absolute atomic E-state index is 0.358. The van der Waals surface area contributed by atoms with E-state index in [1.54, 1.807) is 12.4 Å². The summed E-state index contributed by atoms with van der Waals surface area (Å²) in [5.74, 6) is 1.38. The molecule has 2 N–H and O–H groups in total. The maximum absolute atomic E-state index is 6.35. The molecule has 0 radical (unpaired) electrons. The zero-order chi connectivity index (χ0) is 55.6. The highest BCUT2D eigenvalue weighted by atomic mass is 16.6. The summed E-state index contributed by atoms with van der Waals surface area (Å²) in [4.78, 5) is 32.4. The molecular formula is C70H61N7O5. The third-order valence-corrected chi connectivity index (χ3v) is 14.3. The number of fused-ring (bicyclic) bond motifs is 8. The van der Waals surface area contributed by atoms with Crippen molar-refractivity contribution in [3.8, 4) is 78.8 Å². The standard InChI is InChI=1S/C70H61N7O5/c1-46-13-19-49(20-14-46)67-57-25-27-59(73-57)68(50-21-15-47(2)16-22-50)61-29-31-63(75-61)70(64-32-30-62(76-64)69(60-28-26-58(67)74-60)51-23-17-48(3)18-24-51)52-9-8-10-53(43-52)81-41-39-79-37-35-78-36-38-80-40-42-82-54-44-65(55-11-4-6-33-71-55)77-66(45-54)56-12-5-7-34-72-56/h4-34,43-45,73,76H,35-42H2,1-3H3. The molecule has 6 aromatic heterocycles. The lowest BCUT2D eigenvalue weighted by atomic mass is 10.0. The summed E-state index contributed by atoms with van der Waals surface area (Å²) in [7, 11) is 0. The van der Waals surface area contributed by atoms with Gasteiger partial charge in [0.15, 0.2) is 0 Å². The molecule has 12 nitrogen and oxygen atoms in total. The largest absolute Gasteiger partial charge is 0.491 e. The minimum atomic E-state index is 0.358. The molecule has 0 aliphatic carbocycles. The Hall–Kier alpha value is -9.59. The number of pyridine rings is 3. The average Bonchev–Trinajstić information content (AvgIpc) is 4.57. The van der Waals surface area contributed by atoms with Crippen LogP contribution in [-0.2, 0) is 14.2 Å². The lowest BCUT2D eigenvalue weighted by Gasteiger charge is -2.11. The number of hydrogen-bond donors (Lipinski definition) is 2. The van der Waals surface area contributed by atoms with E-state index in [0.29, 0.717) is 70.0 Å². The first-order valence-corrected chi connectivity index (χ1v) is 27.7. The molecular weight excluding hydrogens is 1020 g/mol. The Morgan fingerprint density at radius 2 is 0.695 bits per heavy atom. The number of nitrogens with zero attached hydrogens (tertiary/aromatic N) is 5. The van der Waals surface area contributed by atoms with Gasteiger partial charge in [-0.15, -0.1) is 0 Å². The van der Waals surface area contributed by atoms with Crippen LogP contribution in [0.15, 0.2) is 182 Å². The van der Waals surface area contributed by atoms with Crippen LogP contribution in [0.2, 0.25) is 0 Å². The van der Waals surface area contributed by atoms with Crippen molar-refractivity contribution in [2.75, 3.05) is 52.9 Å². The van der Waals surface area contributed by atoms with Crippen molar-refractivity contribution in [3.05, 3.63) is 222 Å². The van der Waals surface area contributed by atoms with Gasteiger partial charge in [0.1, 0.15) is 24.7 Å². The molecule has 10 aromatic rings. The number of ether oxygens (including phenoxy) is 5. The first kappa shape index (κ1) is 53.1. The van der Waals surface area contributed by atoms with Gasteiger partial charge in [-0.1, -0.05) is 114 Å². The van der Waals surface area contributed by atoms with Gasteiger partial charge in [0, 0.05) is 68.8 Å². The van der Waals surface area contributed by atoms with Crippen molar-refractivity contribution in [1.29, 1.82) is 0 Å². The van der Waals surface area contributed by atoms with Crippen LogP contribution in [0, 0.1) is 20.8 Å². The summed E-state index contributed by atoms with van der Waals surface area (Å²) in [5.41, 5.74) is 21.7. The predicted octanol–water partition coefficient (Wildman–Crippen LogP) is 15.3. The van der Waals surface area contributed by atoms with E-state index >= 15 is 0 Å². The maximum Gasteiger partial charge on any atom is 0.123 e. The van der Waals surface area contributed by atoms with Crippen molar-refractivity contribution >= 4 is 46.4 Å². The number of aromatic amines is 2. The number of H-pyrrole nitrogens is 2. The normalized spacial score (nSPS) is 11.8. The molecule has 8 bridgehead atoms. The molecule has 0 saturated heterocycles. The van der Waals surface area contributed by atoms with Gasteiger partial charge < -0.3 is 33.7 Å². The number of hydrogen-bond acceptors (Lipinski definition) is 10. The highest BCUT2D eigenvalue weighted by Crippen LogP contribution is 2.39. The molecule has 0 amide bonds. The highest BCUT2D eigenvalue weighted by Gasteiger charge is 2.20. The lowest BCUT2D eigenvalue weighted by Crippen LogP contribution is -2.14. The molecule has 4 aromatic carbocycles. The second kappa shape index (κ2) is 24.8. The molecule has 8 heterocycles. The predicted molar refractivity (Wildman–Crippen MR) is 329 cm³/mol. The number of rotatable bonds is 20. The van der Waals surface area contributed by atoms with Crippen molar-refractivity contribution < 1.29 is 23.7 Å². The smallest absolute Gasteiger partial charge is 0.123 e. The van der Waals surface area contributed by atoms with Gasteiger partial charge in [-0.05, 0) is 128 Å². The van der Waals surface area contributed by atoms with E-state index in [1.807, 2.05) is 60.7 Å². The van der Waals surface area contributed by atoms with E-state index in [9.17, 15) is 0 Å². The molecule has 0 unspecified atom stereocenters.